The van der Waals surface area contributed by atoms with E-state index in [1.165, 1.54) is 19.7 Å². The number of aliphatic imine (C=N–C) groups is 1. The summed E-state index contributed by atoms with van der Waals surface area (Å²) in [6, 6.07) is 18.1. The van der Waals surface area contributed by atoms with Crippen LogP contribution in [-0.2, 0) is 14.3 Å². The fourth-order valence-electron chi connectivity index (χ4n) is 9.23. The highest BCUT2D eigenvalue weighted by Crippen LogP contribution is 2.58. The number of methoxy groups -OCH3 is 1. The van der Waals surface area contributed by atoms with Crippen molar-refractivity contribution in [3.63, 3.8) is 0 Å². The highest BCUT2D eigenvalue weighted by Gasteiger charge is 2.61. The molecule has 9 rings (SSSR count). The third-order valence-corrected chi connectivity index (χ3v) is 12.5. The molecule has 9 atom stereocenters. The molecule has 2 aromatic heterocycles. The molecule has 264 valence electrons. The Balaban J connectivity index is 0.890. The quantitative estimate of drug-likeness (QED) is 0.178. The average molecular weight is 688 g/mol. The molecular formula is C40H45N7O4. The predicted octanol–water partition coefficient (Wildman–Crippen LogP) is 6.59. The minimum Gasteiger partial charge on any atom is -0.451 e. The number of aromatic nitrogens is 4. The number of likely N-dealkylation sites (tertiary alicyclic amines) is 1. The lowest BCUT2D eigenvalue weighted by atomic mass is 9.85. The van der Waals surface area contributed by atoms with Gasteiger partial charge in [0.15, 0.2) is 0 Å². The minimum atomic E-state index is -0.695. The van der Waals surface area contributed by atoms with Crippen molar-refractivity contribution in [2.45, 2.75) is 63.7 Å². The van der Waals surface area contributed by atoms with Crippen molar-refractivity contribution >= 4 is 18.2 Å². The molecule has 2 saturated carbocycles. The second-order valence-electron chi connectivity index (χ2n) is 15.3. The number of rotatable bonds is 8. The average Bonchev–Trinajstić information content (AvgIpc) is 3.69. The first kappa shape index (κ1) is 32.3. The van der Waals surface area contributed by atoms with Crippen molar-refractivity contribution in [1.29, 1.82) is 0 Å². The highest BCUT2D eigenvalue weighted by molar-refractivity contribution is 5.97. The van der Waals surface area contributed by atoms with Gasteiger partial charge in [-0.25, -0.2) is 14.8 Å². The highest BCUT2D eigenvalue weighted by atomic mass is 16.5. The van der Waals surface area contributed by atoms with E-state index in [-0.39, 0.29) is 23.9 Å². The molecule has 51 heavy (non-hydrogen) atoms. The molecule has 2 unspecified atom stereocenters. The van der Waals surface area contributed by atoms with Crippen LogP contribution in [0.4, 0.5) is 4.79 Å². The Hall–Kier alpha value is -4.61. The summed E-state index contributed by atoms with van der Waals surface area (Å²) < 4.78 is 10.3. The number of aromatic amines is 2. The molecule has 5 aliphatic rings. The van der Waals surface area contributed by atoms with Gasteiger partial charge in [0.2, 0.25) is 5.91 Å². The Bertz CT molecular complexity index is 1930. The standard InChI is InChI=1S/C40H45N7O4/c1-21-28-16-31(44-35(21)28)37-41-19-32(45-37)26-8-4-23(5-9-26)24-6-10-27(11-7-24)33-20-42-38(46-33)34-17-29-22(2)36(29)47(34)39(48)30(18-43-40(49)50-3)25-12-14-51-15-13-25/h4-11,18-22,25,28-31,34-36,44H,12-17H2,1-3H3,(H,41,45)(H,42,46)/t21-,22?,28+,29+,30?,31+,34+,35-,36-/m1/s1. The Labute approximate surface area is 297 Å². The first-order valence-electron chi connectivity index (χ1n) is 18.5. The molecule has 5 fully saturated rings. The third kappa shape index (κ3) is 5.90. The number of carbonyl (C=O) groups is 2. The Morgan fingerprint density at radius 2 is 1.47 bits per heavy atom. The number of hydrogen-bond donors (Lipinski definition) is 3. The van der Waals surface area contributed by atoms with Crippen molar-refractivity contribution in [2.24, 2.45) is 40.5 Å². The summed E-state index contributed by atoms with van der Waals surface area (Å²) >= 11 is 0. The molecule has 11 nitrogen and oxygen atoms in total. The number of carbonyl (C=O) groups excluding carboxylic acids is 2. The lowest BCUT2D eigenvalue weighted by Crippen LogP contribution is -2.43. The molecule has 0 radical (unpaired) electrons. The summed E-state index contributed by atoms with van der Waals surface area (Å²) in [4.78, 5) is 48.9. The van der Waals surface area contributed by atoms with Crippen LogP contribution in [0.5, 0.6) is 0 Å². The zero-order chi connectivity index (χ0) is 34.8. The Morgan fingerprint density at radius 3 is 2.08 bits per heavy atom. The lowest BCUT2D eigenvalue weighted by Gasteiger charge is -2.34. The molecule has 4 aromatic rings. The van der Waals surface area contributed by atoms with E-state index in [2.05, 4.69) is 82.7 Å². The van der Waals surface area contributed by atoms with Crippen LogP contribution < -0.4 is 5.32 Å². The first-order chi connectivity index (χ1) is 24.9. The van der Waals surface area contributed by atoms with Gasteiger partial charge in [-0.15, -0.1) is 0 Å². The van der Waals surface area contributed by atoms with Gasteiger partial charge in [0.1, 0.15) is 11.6 Å². The summed E-state index contributed by atoms with van der Waals surface area (Å²) in [5.74, 6) is 3.87. The van der Waals surface area contributed by atoms with E-state index in [1.54, 1.807) is 0 Å². The van der Waals surface area contributed by atoms with Crippen molar-refractivity contribution < 1.29 is 19.1 Å². The number of benzene rings is 2. The van der Waals surface area contributed by atoms with E-state index >= 15 is 0 Å². The van der Waals surface area contributed by atoms with E-state index < -0.39 is 12.0 Å². The van der Waals surface area contributed by atoms with E-state index in [0.29, 0.717) is 37.1 Å². The van der Waals surface area contributed by atoms with Crippen LogP contribution in [0.3, 0.4) is 0 Å². The summed E-state index contributed by atoms with van der Waals surface area (Å²) in [6.07, 6.45) is 8.16. The molecule has 11 heteroatoms. The van der Waals surface area contributed by atoms with Gasteiger partial charge in [-0.3, -0.25) is 4.79 Å². The van der Waals surface area contributed by atoms with Crippen molar-refractivity contribution in [3.05, 3.63) is 72.6 Å². The monoisotopic (exact) mass is 687 g/mol. The molecule has 3 N–H and O–H groups in total. The fourth-order valence-corrected chi connectivity index (χ4v) is 9.23. The zero-order valence-electron chi connectivity index (χ0n) is 29.3. The van der Waals surface area contributed by atoms with Crippen molar-refractivity contribution in [2.75, 3.05) is 20.3 Å². The number of fused-ring (bicyclic) bond motifs is 2. The SMILES string of the molecule is COC(=O)N=CC(C(=O)N1[C@@H]2C(C)[C@@H]2C[C@H]1c1ncc(-c2ccc(-c3ccc(-c4cnc([C@@H]5C[C@H]6[C@@H](C)[C@H]6N5)[nH]4)cc3)cc2)[nH]1)C1CCOCC1. The van der Waals surface area contributed by atoms with Crippen LogP contribution in [-0.4, -0.2) is 75.5 Å². The zero-order valence-corrected chi connectivity index (χ0v) is 29.3. The maximum absolute atomic E-state index is 14.3. The van der Waals surface area contributed by atoms with Crippen molar-refractivity contribution in [3.8, 4) is 33.6 Å². The number of hydrogen-bond acceptors (Lipinski definition) is 7. The molecule has 0 bridgehead atoms. The van der Waals surface area contributed by atoms with E-state index in [4.69, 9.17) is 19.4 Å². The summed E-state index contributed by atoms with van der Waals surface area (Å²) in [7, 11) is 1.30. The van der Waals surface area contributed by atoms with Crippen molar-refractivity contribution in [1.82, 2.24) is 30.2 Å². The van der Waals surface area contributed by atoms with Gasteiger partial charge in [0.25, 0.3) is 0 Å². The number of ether oxygens (including phenoxy) is 2. The number of amides is 2. The number of H-pyrrole nitrogens is 2. The van der Waals surface area contributed by atoms with Gasteiger partial charge in [0.05, 0.1) is 48.9 Å². The minimum absolute atomic E-state index is 0.00879. The maximum Gasteiger partial charge on any atom is 0.432 e. The van der Waals surface area contributed by atoms with Crippen LogP contribution in [0.1, 0.15) is 63.3 Å². The molecule has 2 aliphatic carbocycles. The van der Waals surface area contributed by atoms with E-state index in [1.807, 2.05) is 17.3 Å². The third-order valence-electron chi connectivity index (χ3n) is 12.5. The molecule has 3 aliphatic heterocycles. The molecule has 5 heterocycles. The van der Waals surface area contributed by atoms with Crippen LogP contribution in [0.25, 0.3) is 33.6 Å². The van der Waals surface area contributed by atoms with Gasteiger partial charge in [-0.1, -0.05) is 62.4 Å². The molecule has 0 spiro atoms. The summed E-state index contributed by atoms with van der Waals surface area (Å²) in [5, 5.41) is 3.72. The number of nitrogens with one attached hydrogen (secondary N) is 3. The maximum atomic E-state index is 14.3. The van der Waals surface area contributed by atoms with Gasteiger partial charge in [-0.05, 0) is 77.5 Å². The molecular weight excluding hydrogens is 642 g/mol. The van der Waals surface area contributed by atoms with Gasteiger partial charge in [-0.2, -0.15) is 4.99 Å². The van der Waals surface area contributed by atoms with Crippen LogP contribution >= 0.6 is 0 Å². The predicted molar refractivity (Wildman–Crippen MR) is 193 cm³/mol. The molecule has 2 aromatic carbocycles. The largest absolute Gasteiger partial charge is 0.451 e. The first-order valence-corrected chi connectivity index (χ1v) is 18.5. The van der Waals surface area contributed by atoms with Gasteiger partial charge in [0, 0.05) is 31.5 Å². The van der Waals surface area contributed by atoms with Crippen LogP contribution in [0.15, 0.2) is 65.9 Å². The van der Waals surface area contributed by atoms with E-state index in [9.17, 15) is 9.59 Å². The topological polar surface area (TPSA) is 138 Å². The second kappa shape index (κ2) is 12.9. The Kier molecular flexibility index (Phi) is 8.15. The van der Waals surface area contributed by atoms with Gasteiger partial charge < -0.3 is 29.7 Å². The lowest BCUT2D eigenvalue weighted by molar-refractivity contribution is -0.138. The fraction of sp³-hybridized carbons (Fsp3) is 0.475. The van der Waals surface area contributed by atoms with Crippen LogP contribution in [0.2, 0.25) is 0 Å². The second-order valence-corrected chi connectivity index (χ2v) is 15.3. The summed E-state index contributed by atoms with van der Waals surface area (Å²) in [5.41, 5.74) is 6.39. The Morgan fingerprint density at radius 1 is 0.863 bits per heavy atom. The normalized spacial score (nSPS) is 30.3. The van der Waals surface area contributed by atoms with Gasteiger partial charge >= 0.3 is 6.09 Å². The number of piperidine rings is 2. The summed E-state index contributed by atoms with van der Waals surface area (Å²) in [6.45, 7) is 5.74. The number of nitrogens with zero attached hydrogens (tertiary/aromatic N) is 4. The number of imidazole rings is 2. The van der Waals surface area contributed by atoms with E-state index in [0.717, 1.165) is 76.4 Å². The molecule has 3 saturated heterocycles. The smallest absolute Gasteiger partial charge is 0.432 e. The van der Waals surface area contributed by atoms with Crippen LogP contribution in [0, 0.1) is 35.5 Å². The molecule has 2 amide bonds.